The lowest BCUT2D eigenvalue weighted by Crippen LogP contribution is -2.26. The Morgan fingerprint density at radius 1 is 0.328 bits per heavy atom. The molecule has 1 atom stereocenters. The first kappa shape index (κ1) is 35.2. The Bertz CT molecular complexity index is 3840. The van der Waals surface area contributed by atoms with Crippen LogP contribution in [0.15, 0.2) is 233 Å². The van der Waals surface area contributed by atoms with E-state index in [1.165, 1.54) is 61.0 Å². The zero-order valence-electron chi connectivity index (χ0n) is 34.6. The van der Waals surface area contributed by atoms with Gasteiger partial charge in [0.15, 0.2) is 5.58 Å². The number of nitrogens with zero attached hydrogens (tertiary/aromatic N) is 1. The van der Waals surface area contributed by atoms with Crippen molar-refractivity contribution in [2.24, 2.45) is 0 Å². The first-order valence-corrected chi connectivity index (χ1v) is 22.0. The van der Waals surface area contributed by atoms with E-state index in [1.807, 2.05) is 0 Å². The van der Waals surface area contributed by atoms with E-state index in [0.717, 1.165) is 66.7 Å². The fourth-order valence-electron chi connectivity index (χ4n) is 11.3. The number of rotatable bonds is 5. The number of para-hydroxylation sites is 3. The molecule has 0 fully saturated rings. The van der Waals surface area contributed by atoms with E-state index in [1.54, 1.807) is 0 Å². The fraction of sp³-hybridized carbons (Fsp3) is 0.0164. The van der Waals surface area contributed by atoms with Crippen LogP contribution in [-0.2, 0) is 5.41 Å². The predicted octanol–water partition coefficient (Wildman–Crippen LogP) is 16.6. The molecule has 0 N–H and O–H groups in total. The summed E-state index contributed by atoms with van der Waals surface area (Å²) in [4.78, 5) is 2.40. The summed E-state index contributed by atoms with van der Waals surface area (Å²) in [5, 5.41) is 4.49. The second kappa shape index (κ2) is 13.3. The molecule has 2 aromatic heterocycles. The van der Waals surface area contributed by atoms with Crippen LogP contribution in [0.3, 0.4) is 0 Å². The number of furan rings is 2. The van der Waals surface area contributed by atoms with Crippen molar-refractivity contribution in [3.05, 3.63) is 247 Å². The van der Waals surface area contributed by atoms with Gasteiger partial charge in [0.2, 0.25) is 0 Å². The van der Waals surface area contributed by atoms with Gasteiger partial charge in [0.05, 0.1) is 11.1 Å². The van der Waals surface area contributed by atoms with Crippen molar-refractivity contribution in [1.82, 2.24) is 0 Å². The second-order valence-corrected chi connectivity index (χ2v) is 17.1. The molecular weight excluding hydrogens is 779 g/mol. The quantitative estimate of drug-likeness (QED) is 0.173. The maximum Gasteiger partial charge on any atom is 0.159 e. The number of hydrogen-bond donors (Lipinski definition) is 0. The molecule has 1 unspecified atom stereocenters. The molecule has 0 radical (unpaired) electrons. The van der Waals surface area contributed by atoms with Gasteiger partial charge in [-0.2, -0.15) is 0 Å². The first-order chi connectivity index (χ1) is 31.8. The Balaban J connectivity index is 1.05. The Kier molecular flexibility index (Phi) is 7.32. The maximum atomic E-state index is 7.13. The zero-order valence-corrected chi connectivity index (χ0v) is 34.6. The molecule has 0 aliphatic heterocycles. The van der Waals surface area contributed by atoms with Crippen LogP contribution in [0.5, 0.6) is 0 Å². The van der Waals surface area contributed by atoms with Crippen LogP contribution in [0.2, 0.25) is 0 Å². The molecule has 298 valence electrons. The summed E-state index contributed by atoms with van der Waals surface area (Å²) in [6.07, 6.45) is 0. The van der Waals surface area contributed by atoms with Gasteiger partial charge in [-0.3, -0.25) is 0 Å². The topological polar surface area (TPSA) is 29.5 Å². The standard InChI is InChI=1S/C61H37NO2/c1-3-15-38(16-4-1)39-29-31-41(32-30-39)62(54-27-14-24-47-46-23-13-22-43(59(46)64-60(47)54)40-17-5-2-6-18-40)42-33-34-45-44-19-7-10-25-50(44)61(53(45)37-42)51-26-11-8-20-48(51)57-52(61)35-36-56-58(57)49-21-9-12-28-55(49)63-56/h1-37H. The van der Waals surface area contributed by atoms with E-state index >= 15 is 0 Å². The average Bonchev–Trinajstić information content (AvgIpc) is 4.10. The summed E-state index contributed by atoms with van der Waals surface area (Å²) in [5.74, 6) is 0. The van der Waals surface area contributed by atoms with E-state index < -0.39 is 5.41 Å². The largest absolute Gasteiger partial charge is 0.456 e. The van der Waals surface area contributed by atoms with Crippen molar-refractivity contribution in [3.8, 4) is 44.5 Å². The van der Waals surface area contributed by atoms with Crippen molar-refractivity contribution >= 4 is 60.9 Å². The number of fused-ring (bicyclic) bond motifs is 17. The number of benzene rings is 10. The Morgan fingerprint density at radius 2 is 0.922 bits per heavy atom. The van der Waals surface area contributed by atoms with E-state index in [9.17, 15) is 0 Å². The molecule has 2 heterocycles. The van der Waals surface area contributed by atoms with E-state index in [4.69, 9.17) is 8.83 Å². The van der Waals surface area contributed by atoms with Gasteiger partial charge in [0.25, 0.3) is 0 Å². The third-order valence-electron chi connectivity index (χ3n) is 13.9. The summed E-state index contributed by atoms with van der Waals surface area (Å²) in [5.41, 5.74) is 20.7. The molecule has 0 saturated carbocycles. The minimum atomic E-state index is -0.570. The van der Waals surface area contributed by atoms with Gasteiger partial charge in [-0.1, -0.05) is 182 Å². The summed E-state index contributed by atoms with van der Waals surface area (Å²) in [6, 6.07) is 81.3. The molecule has 3 nitrogen and oxygen atoms in total. The van der Waals surface area contributed by atoms with Crippen molar-refractivity contribution in [2.45, 2.75) is 5.41 Å². The minimum Gasteiger partial charge on any atom is -0.456 e. The van der Waals surface area contributed by atoms with Crippen LogP contribution in [-0.4, -0.2) is 0 Å². The van der Waals surface area contributed by atoms with Crippen molar-refractivity contribution in [2.75, 3.05) is 4.90 Å². The number of anilines is 3. The zero-order chi connectivity index (χ0) is 41.9. The molecule has 10 aromatic carbocycles. The lowest BCUT2D eigenvalue weighted by Gasteiger charge is -2.32. The van der Waals surface area contributed by atoms with Crippen molar-refractivity contribution < 1.29 is 8.83 Å². The molecular formula is C61H37NO2. The van der Waals surface area contributed by atoms with Gasteiger partial charge >= 0.3 is 0 Å². The SMILES string of the molecule is c1ccc(-c2ccc(N(c3ccc4c(c3)C3(c5ccccc5-4)c4ccccc4-c4c3ccc3oc5ccccc5c43)c3cccc4c3oc3c(-c5ccccc5)cccc34)cc2)cc1. The lowest BCUT2D eigenvalue weighted by atomic mass is 9.70. The molecule has 0 bridgehead atoms. The first-order valence-electron chi connectivity index (χ1n) is 22.0. The molecule has 12 aromatic rings. The van der Waals surface area contributed by atoms with Crippen LogP contribution in [0, 0.1) is 0 Å². The maximum absolute atomic E-state index is 7.13. The van der Waals surface area contributed by atoms with Gasteiger partial charge in [0.1, 0.15) is 16.7 Å². The minimum absolute atomic E-state index is 0.570. The van der Waals surface area contributed by atoms with Gasteiger partial charge < -0.3 is 13.7 Å². The summed E-state index contributed by atoms with van der Waals surface area (Å²) >= 11 is 0. The van der Waals surface area contributed by atoms with E-state index in [0.29, 0.717) is 0 Å². The Morgan fingerprint density at radius 3 is 1.73 bits per heavy atom. The fourth-order valence-corrected chi connectivity index (χ4v) is 11.3. The molecule has 1 spiro atoms. The Hall–Kier alpha value is -8.40. The lowest BCUT2D eigenvalue weighted by molar-refractivity contribution is 0.668. The smallest absolute Gasteiger partial charge is 0.159 e. The molecule has 2 aliphatic rings. The Labute approximate surface area is 369 Å². The van der Waals surface area contributed by atoms with Gasteiger partial charge in [0, 0.05) is 38.5 Å². The van der Waals surface area contributed by atoms with Gasteiger partial charge in [-0.15, -0.1) is 0 Å². The highest BCUT2D eigenvalue weighted by Crippen LogP contribution is 2.65. The van der Waals surface area contributed by atoms with Crippen LogP contribution in [0.25, 0.3) is 88.4 Å². The molecule has 64 heavy (non-hydrogen) atoms. The summed E-state index contributed by atoms with van der Waals surface area (Å²) in [7, 11) is 0. The van der Waals surface area contributed by atoms with Crippen LogP contribution < -0.4 is 4.90 Å². The molecule has 0 saturated heterocycles. The van der Waals surface area contributed by atoms with Crippen LogP contribution >= 0.6 is 0 Å². The van der Waals surface area contributed by atoms with Crippen LogP contribution in [0.4, 0.5) is 17.1 Å². The van der Waals surface area contributed by atoms with Crippen molar-refractivity contribution in [1.29, 1.82) is 0 Å². The third-order valence-corrected chi connectivity index (χ3v) is 13.9. The highest BCUT2D eigenvalue weighted by molar-refractivity contribution is 6.17. The van der Waals surface area contributed by atoms with Crippen LogP contribution in [0.1, 0.15) is 22.3 Å². The normalized spacial score (nSPS) is 14.6. The van der Waals surface area contributed by atoms with E-state index in [2.05, 4.69) is 229 Å². The second-order valence-electron chi connectivity index (χ2n) is 17.1. The predicted molar refractivity (Wildman–Crippen MR) is 263 cm³/mol. The highest BCUT2D eigenvalue weighted by Gasteiger charge is 2.52. The molecule has 14 rings (SSSR count). The summed E-state index contributed by atoms with van der Waals surface area (Å²) < 4.78 is 13.7. The average molecular weight is 816 g/mol. The highest BCUT2D eigenvalue weighted by atomic mass is 16.3. The molecule has 0 amide bonds. The molecule has 3 heteroatoms. The number of hydrogen-bond acceptors (Lipinski definition) is 3. The van der Waals surface area contributed by atoms with Crippen molar-refractivity contribution in [3.63, 3.8) is 0 Å². The monoisotopic (exact) mass is 815 g/mol. The molecule has 2 aliphatic carbocycles. The van der Waals surface area contributed by atoms with Gasteiger partial charge in [-0.25, -0.2) is 0 Å². The van der Waals surface area contributed by atoms with Gasteiger partial charge in [-0.05, 0) is 104 Å². The third kappa shape index (κ3) is 4.76. The van der Waals surface area contributed by atoms with E-state index in [-0.39, 0.29) is 0 Å². The summed E-state index contributed by atoms with van der Waals surface area (Å²) in [6.45, 7) is 0.